The number of furan rings is 1. The minimum absolute atomic E-state index is 0.155. The highest BCUT2D eigenvalue weighted by Crippen LogP contribution is 2.27. The van der Waals surface area contributed by atoms with Crippen LogP contribution in [-0.4, -0.2) is 24.4 Å². The van der Waals surface area contributed by atoms with Crippen LogP contribution in [0, 0.1) is 18.3 Å². The molecule has 0 atom stereocenters. The van der Waals surface area contributed by atoms with Gasteiger partial charge in [0.1, 0.15) is 4.88 Å². The van der Waals surface area contributed by atoms with E-state index in [9.17, 15) is 14.4 Å². The molecule has 2 heterocycles. The van der Waals surface area contributed by atoms with Crippen LogP contribution < -0.4 is 10.6 Å². The Labute approximate surface area is 176 Å². The number of benzene rings is 1. The van der Waals surface area contributed by atoms with E-state index in [1.807, 2.05) is 6.07 Å². The molecule has 0 fully saturated rings. The van der Waals surface area contributed by atoms with Crippen molar-refractivity contribution in [1.29, 1.82) is 5.26 Å². The standard InChI is InChI=1S/C21H17N3O5S/c1-13-11-18(24-20(26)16-3-2-10-28-16)30-19(13)21(27)29-12-17(25)23-15-6-4-14(5-7-15)8-9-22/h2-7,10-11H,8,12H2,1H3,(H,23,25)(H,24,26). The summed E-state index contributed by atoms with van der Waals surface area (Å²) in [4.78, 5) is 36.7. The first-order valence-corrected chi connectivity index (χ1v) is 9.66. The number of hydrogen-bond acceptors (Lipinski definition) is 7. The van der Waals surface area contributed by atoms with Crippen LogP contribution in [0.4, 0.5) is 10.7 Å². The monoisotopic (exact) mass is 423 g/mol. The summed E-state index contributed by atoms with van der Waals surface area (Å²) in [6.45, 7) is 1.25. The zero-order chi connectivity index (χ0) is 21.5. The maximum Gasteiger partial charge on any atom is 0.349 e. The predicted molar refractivity (Wildman–Crippen MR) is 110 cm³/mol. The molecule has 2 N–H and O–H groups in total. The first kappa shape index (κ1) is 20.8. The predicted octanol–water partition coefficient (Wildman–Crippen LogP) is 3.76. The van der Waals surface area contributed by atoms with Gasteiger partial charge < -0.3 is 19.8 Å². The fraction of sp³-hybridized carbons (Fsp3) is 0.143. The second kappa shape index (κ2) is 9.54. The Morgan fingerprint density at radius 2 is 1.93 bits per heavy atom. The van der Waals surface area contributed by atoms with E-state index < -0.39 is 24.4 Å². The zero-order valence-corrected chi connectivity index (χ0v) is 16.7. The van der Waals surface area contributed by atoms with Crippen LogP contribution in [0.5, 0.6) is 0 Å². The molecule has 152 valence electrons. The van der Waals surface area contributed by atoms with Gasteiger partial charge in [-0.25, -0.2) is 4.79 Å². The van der Waals surface area contributed by atoms with E-state index in [4.69, 9.17) is 14.4 Å². The Bertz CT molecular complexity index is 1090. The van der Waals surface area contributed by atoms with E-state index in [0.29, 0.717) is 21.1 Å². The first-order chi connectivity index (χ1) is 14.5. The van der Waals surface area contributed by atoms with Gasteiger partial charge in [-0.05, 0) is 48.4 Å². The number of carbonyl (C=O) groups excluding carboxylic acids is 3. The Kier molecular flexibility index (Phi) is 6.62. The Morgan fingerprint density at radius 1 is 1.17 bits per heavy atom. The molecule has 0 spiro atoms. The topological polar surface area (TPSA) is 121 Å². The fourth-order valence-electron chi connectivity index (χ4n) is 2.52. The average molecular weight is 423 g/mol. The normalized spacial score (nSPS) is 10.1. The number of rotatable bonds is 7. The number of ether oxygens (including phenoxy) is 1. The van der Waals surface area contributed by atoms with Gasteiger partial charge in [-0.2, -0.15) is 5.26 Å². The van der Waals surface area contributed by atoms with Crippen molar-refractivity contribution in [2.75, 3.05) is 17.2 Å². The van der Waals surface area contributed by atoms with Crippen molar-refractivity contribution >= 4 is 39.8 Å². The number of amides is 2. The van der Waals surface area contributed by atoms with Crippen LogP contribution in [0.25, 0.3) is 0 Å². The molecule has 2 aromatic heterocycles. The molecular weight excluding hydrogens is 406 g/mol. The van der Waals surface area contributed by atoms with E-state index in [-0.39, 0.29) is 12.2 Å². The van der Waals surface area contributed by atoms with Crippen molar-refractivity contribution in [2.45, 2.75) is 13.3 Å². The van der Waals surface area contributed by atoms with E-state index >= 15 is 0 Å². The van der Waals surface area contributed by atoms with Crippen LogP contribution in [0.3, 0.4) is 0 Å². The molecule has 0 aliphatic carbocycles. The Balaban J connectivity index is 1.53. The van der Waals surface area contributed by atoms with Crippen LogP contribution in [0.15, 0.2) is 53.1 Å². The van der Waals surface area contributed by atoms with Gasteiger partial charge in [-0.15, -0.1) is 11.3 Å². The number of aryl methyl sites for hydroxylation is 1. The molecule has 0 radical (unpaired) electrons. The van der Waals surface area contributed by atoms with E-state index in [2.05, 4.69) is 10.6 Å². The third-order valence-electron chi connectivity index (χ3n) is 3.94. The zero-order valence-electron chi connectivity index (χ0n) is 15.9. The molecule has 0 unspecified atom stereocenters. The quantitative estimate of drug-likeness (QED) is 0.558. The number of hydrogen-bond donors (Lipinski definition) is 2. The molecule has 30 heavy (non-hydrogen) atoms. The summed E-state index contributed by atoms with van der Waals surface area (Å²) in [5.74, 6) is -1.42. The van der Waals surface area contributed by atoms with Gasteiger partial charge in [-0.1, -0.05) is 12.1 Å². The van der Waals surface area contributed by atoms with Crippen molar-refractivity contribution in [3.8, 4) is 6.07 Å². The molecule has 9 heteroatoms. The minimum atomic E-state index is -0.657. The highest BCUT2D eigenvalue weighted by Gasteiger charge is 2.18. The van der Waals surface area contributed by atoms with Gasteiger partial charge in [-0.3, -0.25) is 9.59 Å². The van der Waals surface area contributed by atoms with Crippen molar-refractivity contribution < 1.29 is 23.5 Å². The average Bonchev–Trinajstić information content (AvgIpc) is 3.38. The molecular formula is C21H17N3O5S. The number of carbonyl (C=O) groups is 3. The third-order valence-corrected chi connectivity index (χ3v) is 5.07. The lowest BCUT2D eigenvalue weighted by Crippen LogP contribution is -2.20. The smallest absolute Gasteiger partial charge is 0.349 e. The molecule has 8 nitrogen and oxygen atoms in total. The number of thiophene rings is 1. The molecule has 1 aromatic carbocycles. The van der Waals surface area contributed by atoms with E-state index in [1.165, 1.54) is 12.3 Å². The second-order valence-corrected chi connectivity index (χ2v) is 7.26. The van der Waals surface area contributed by atoms with E-state index in [1.54, 1.807) is 43.3 Å². The highest BCUT2D eigenvalue weighted by molar-refractivity contribution is 7.18. The van der Waals surface area contributed by atoms with Crippen molar-refractivity contribution in [2.24, 2.45) is 0 Å². The summed E-state index contributed by atoms with van der Waals surface area (Å²) < 4.78 is 10.1. The molecule has 0 saturated heterocycles. The summed E-state index contributed by atoms with van der Waals surface area (Å²) >= 11 is 1.05. The Hall–Kier alpha value is -3.90. The number of nitriles is 1. The number of esters is 1. The largest absolute Gasteiger partial charge is 0.459 e. The SMILES string of the molecule is Cc1cc(NC(=O)c2ccco2)sc1C(=O)OCC(=O)Nc1ccc(CC#N)cc1. The Morgan fingerprint density at radius 3 is 2.60 bits per heavy atom. The first-order valence-electron chi connectivity index (χ1n) is 8.84. The molecule has 3 rings (SSSR count). The summed E-state index contributed by atoms with van der Waals surface area (Å²) in [6.07, 6.45) is 1.68. The molecule has 2 amide bonds. The number of anilines is 2. The van der Waals surface area contributed by atoms with Gasteiger partial charge >= 0.3 is 5.97 Å². The van der Waals surface area contributed by atoms with Gasteiger partial charge in [0, 0.05) is 5.69 Å². The van der Waals surface area contributed by atoms with Crippen LogP contribution in [0.1, 0.15) is 31.4 Å². The van der Waals surface area contributed by atoms with Gasteiger partial charge in [0.25, 0.3) is 11.8 Å². The summed E-state index contributed by atoms with van der Waals surface area (Å²) in [5.41, 5.74) is 1.99. The number of nitrogens with zero attached hydrogens (tertiary/aromatic N) is 1. The molecule has 0 aliphatic rings. The fourth-order valence-corrected chi connectivity index (χ4v) is 3.48. The van der Waals surface area contributed by atoms with Gasteiger partial charge in [0.15, 0.2) is 12.4 Å². The summed E-state index contributed by atoms with van der Waals surface area (Å²) in [6, 6.07) is 13.6. The lowest BCUT2D eigenvalue weighted by atomic mass is 10.1. The van der Waals surface area contributed by atoms with Crippen LogP contribution >= 0.6 is 11.3 Å². The molecule has 0 saturated carbocycles. The third kappa shape index (κ3) is 5.33. The number of nitrogens with one attached hydrogen (secondary N) is 2. The van der Waals surface area contributed by atoms with Crippen LogP contribution in [0.2, 0.25) is 0 Å². The summed E-state index contributed by atoms with van der Waals surface area (Å²) in [5, 5.41) is 14.4. The van der Waals surface area contributed by atoms with Crippen molar-refractivity contribution in [3.05, 3.63) is 70.5 Å². The van der Waals surface area contributed by atoms with Crippen LogP contribution in [-0.2, 0) is 16.0 Å². The van der Waals surface area contributed by atoms with Gasteiger partial charge in [0.2, 0.25) is 0 Å². The lowest BCUT2D eigenvalue weighted by Gasteiger charge is -2.07. The second-order valence-electron chi connectivity index (χ2n) is 6.21. The maximum absolute atomic E-state index is 12.3. The molecule has 3 aromatic rings. The summed E-state index contributed by atoms with van der Waals surface area (Å²) in [7, 11) is 0. The van der Waals surface area contributed by atoms with E-state index in [0.717, 1.165) is 16.9 Å². The molecule has 0 bridgehead atoms. The van der Waals surface area contributed by atoms with Crippen molar-refractivity contribution in [1.82, 2.24) is 0 Å². The van der Waals surface area contributed by atoms with Gasteiger partial charge in [0.05, 0.1) is 23.8 Å². The minimum Gasteiger partial charge on any atom is -0.459 e. The molecule has 0 aliphatic heterocycles. The van der Waals surface area contributed by atoms with Crippen molar-refractivity contribution in [3.63, 3.8) is 0 Å². The maximum atomic E-state index is 12.3. The highest BCUT2D eigenvalue weighted by atomic mass is 32.1. The lowest BCUT2D eigenvalue weighted by molar-refractivity contribution is -0.119.